The maximum Gasteiger partial charge on any atom is 0.304 e. The summed E-state index contributed by atoms with van der Waals surface area (Å²) in [7, 11) is 0. The van der Waals surface area contributed by atoms with Crippen molar-refractivity contribution in [3.63, 3.8) is 0 Å². The van der Waals surface area contributed by atoms with E-state index in [1.807, 2.05) is 0 Å². The lowest BCUT2D eigenvalue weighted by Crippen LogP contribution is -2.21. The first kappa shape index (κ1) is 10.5. The Kier molecular flexibility index (Phi) is 4.98. The van der Waals surface area contributed by atoms with Gasteiger partial charge in [-0.25, -0.2) is 0 Å². The third kappa shape index (κ3) is 4.06. The van der Waals surface area contributed by atoms with Crippen LogP contribution in [0.15, 0.2) is 5.16 Å². The Bertz CT molecular complexity index is 171. The summed E-state index contributed by atoms with van der Waals surface area (Å²) in [5.74, 6) is -0.644. The first-order chi connectivity index (χ1) is 5.11. The molecule has 0 aliphatic heterocycles. The maximum atomic E-state index is 10.3. The third-order valence-corrected chi connectivity index (χ3v) is 1.41. The summed E-state index contributed by atoms with van der Waals surface area (Å²) in [6.07, 6.45) is 0. The topological polar surface area (TPSA) is 58.9 Å². The zero-order chi connectivity index (χ0) is 8.85. The highest BCUT2D eigenvalue weighted by Gasteiger charge is 2.15. The summed E-state index contributed by atoms with van der Waals surface area (Å²) in [6.45, 7) is 1.19. The number of esters is 1. The number of rotatable bonds is 3. The second-order valence-electron chi connectivity index (χ2n) is 1.65. The molecule has 0 saturated heterocycles. The van der Waals surface area contributed by atoms with Gasteiger partial charge in [0.15, 0.2) is 0 Å². The van der Waals surface area contributed by atoms with Gasteiger partial charge >= 0.3 is 5.97 Å². The molecule has 0 amide bonds. The summed E-state index contributed by atoms with van der Waals surface area (Å²) in [6, 6.07) is 0. The fourth-order valence-corrected chi connectivity index (χ4v) is 0.865. The molecule has 1 atom stereocenters. The van der Waals surface area contributed by atoms with Crippen molar-refractivity contribution < 1.29 is 14.7 Å². The van der Waals surface area contributed by atoms with Gasteiger partial charge in [0.1, 0.15) is 5.71 Å². The fraction of sp³-hybridized carbons (Fsp3) is 0.600. The van der Waals surface area contributed by atoms with Gasteiger partial charge in [-0.05, 0) is 0 Å². The standard InChI is InChI=1S/C5H7Cl2NO3/c1-3(9)11-5(7)4(2-6)8-10/h5,10H,2H2,1H3/b8-4+. The molecule has 1 unspecified atom stereocenters. The number of ether oxygens (including phenoxy) is 1. The van der Waals surface area contributed by atoms with Crippen LogP contribution in [0.5, 0.6) is 0 Å². The van der Waals surface area contributed by atoms with Crippen LogP contribution >= 0.6 is 23.2 Å². The van der Waals surface area contributed by atoms with Crippen LogP contribution in [0.2, 0.25) is 0 Å². The average Bonchev–Trinajstić information content (AvgIpc) is 1.88. The minimum atomic E-state index is -1.09. The first-order valence-corrected chi connectivity index (χ1v) is 3.67. The SMILES string of the molecule is CC(=O)OC(Cl)/C(CCl)=N/O. The highest BCUT2D eigenvalue weighted by atomic mass is 35.5. The Morgan fingerprint density at radius 2 is 2.36 bits per heavy atom. The number of hydrogen-bond acceptors (Lipinski definition) is 4. The second-order valence-corrected chi connectivity index (χ2v) is 2.31. The van der Waals surface area contributed by atoms with Gasteiger partial charge < -0.3 is 9.94 Å². The third-order valence-electron chi connectivity index (χ3n) is 0.797. The summed E-state index contributed by atoms with van der Waals surface area (Å²) < 4.78 is 4.45. The number of alkyl halides is 2. The Labute approximate surface area is 73.7 Å². The van der Waals surface area contributed by atoms with E-state index < -0.39 is 11.5 Å². The van der Waals surface area contributed by atoms with Crippen LogP contribution in [0, 0.1) is 0 Å². The quantitative estimate of drug-likeness (QED) is 0.244. The van der Waals surface area contributed by atoms with E-state index in [1.54, 1.807) is 0 Å². The van der Waals surface area contributed by atoms with Crippen molar-refractivity contribution in [1.29, 1.82) is 0 Å². The Morgan fingerprint density at radius 3 is 2.64 bits per heavy atom. The fourth-order valence-electron chi connectivity index (χ4n) is 0.347. The molecule has 0 aromatic rings. The van der Waals surface area contributed by atoms with Gasteiger partial charge in [0.2, 0.25) is 5.56 Å². The van der Waals surface area contributed by atoms with Crippen LogP contribution in [0.25, 0.3) is 0 Å². The maximum absolute atomic E-state index is 10.3. The summed E-state index contributed by atoms with van der Waals surface area (Å²) in [4.78, 5) is 10.3. The molecule has 64 valence electrons. The Balaban J connectivity index is 4.00. The number of carbonyl (C=O) groups excluding carboxylic acids is 1. The number of halogens is 2. The van der Waals surface area contributed by atoms with Crippen LogP contribution < -0.4 is 0 Å². The van der Waals surface area contributed by atoms with E-state index in [0.717, 1.165) is 0 Å². The highest BCUT2D eigenvalue weighted by molar-refractivity contribution is 6.38. The number of hydrogen-bond donors (Lipinski definition) is 1. The smallest absolute Gasteiger partial charge is 0.304 e. The van der Waals surface area contributed by atoms with E-state index in [1.165, 1.54) is 6.92 Å². The molecule has 0 aromatic heterocycles. The predicted octanol–water partition coefficient (Wildman–Crippen LogP) is 1.18. The lowest BCUT2D eigenvalue weighted by atomic mass is 10.4. The largest absolute Gasteiger partial charge is 0.440 e. The van der Waals surface area contributed by atoms with Crippen LogP contribution in [-0.2, 0) is 9.53 Å². The second kappa shape index (κ2) is 5.21. The summed E-state index contributed by atoms with van der Waals surface area (Å²) >= 11 is 10.7. The number of oxime groups is 1. The van der Waals surface area contributed by atoms with E-state index in [4.69, 9.17) is 28.4 Å². The van der Waals surface area contributed by atoms with Crippen LogP contribution in [-0.4, -0.2) is 28.3 Å². The van der Waals surface area contributed by atoms with Gasteiger partial charge in [-0.3, -0.25) is 4.79 Å². The zero-order valence-corrected chi connectivity index (χ0v) is 7.26. The summed E-state index contributed by atoms with van der Waals surface area (Å²) in [5, 5.41) is 11.0. The summed E-state index contributed by atoms with van der Waals surface area (Å²) in [5.41, 5.74) is -1.08. The number of nitrogens with zero attached hydrogens (tertiary/aromatic N) is 1. The molecular weight excluding hydrogens is 193 g/mol. The molecule has 0 spiro atoms. The normalized spacial score (nSPS) is 14.3. The van der Waals surface area contributed by atoms with Gasteiger partial charge in [0.05, 0.1) is 5.88 Å². The van der Waals surface area contributed by atoms with E-state index in [0.29, 0.717) is 0 Å². The van der Waals surface area contributed by atoms with E-state index in [2.05, 4.69) is 9.89 Å². The van der Waals surface area contributed by atoms with Crippen molar-refractivity contribution in [3.8, 4) is 0 Å². The number of carbonyl (C=O) groups is 1. The molecule has 0 rings (SSSR count). The monoisotopic (exact) mass is 199 g/mol. The average molecular weight is 200 g/mol. The molecule has 0 aliphatic carbocycles. The van der Waals surface area contributed by atoms with Gasteiger partial charge in [0.25, 0.3) is 0 Å². The molecular formula is C5H7Cl2NO3. The Hall–Kier alpha value is -0.480. The lowest BCUT2D eigenvalue weighted by molar-refractivity contribution is -0.140. The first-order valence-electron chi connectivity index (χ1n) is 2.70. The zero-order valence-electron chi connectivity index (χ0n) is 5.75. The van der Waals surface area contributed by atoms with E-state index in [9.17, 15) is 4.79 Å². The molecule has 0 saturated carbocycles. The molecule has 6 heteroatoms. The van der Waals surface area contributed by atoms with Crippen LogP contribution in [0.3, 0.4) is 0 Å². The molecule has 1 N–H and O–H groups in total. The van der Waals surface area contributed by atoms with Gasteiger partial charge in [-0.15, -0.1) is 11.6 Å². The molecule has 0 bridgehead atoms. The van der Waals surface area contributed by atoms with E-state index >= 15 is 0 Å². The van der Waals surface area contributed by atoms with Crippen molar-refractivity contribution in [1.82, 2.24) is 0 Å². The van der Waals surface area contributed by atoms with Gasteiger partial charge in [0, 0.05) is 6.92 Å². The van der Waals surface area contributed by atoms with Crippen LogP contribution in [0.1, 0.15) is 6.92 Å². The minimum Gasteiger partial charge on any atom is -0.440 e. The molecule has 4 nitrogen and oxygen atoms in total. The lowest BCUT2D eigenvalue weighted by Gasteiger charge is -2.07. The molecule has 0 heterocycles. The molecule has 0 aromatic carbocycles. The van der Waals surface area contributed by atoms with Crippen molar-refractivity contribution in [2.45, 2.75) is 12.5 Å². The molecule has 0 fully saturated rings. The predicted molar refractivity (Wildman–Crippen MR) is 41.3 cm³/mol. The highest BCUT2D eigenvalue weighted by Crippen LogP contribution is 2.03. The van der Waals surface area contributed by atoms with Crippen molar-refractivity contribution in [2.24, 2.45) is 5.16 Å². The van der Waals surface area contributed by atoms with Crippen molar-refractivity contribution >= 4 is 34.9 Å². The minimum absolute atomic E-state index is 0.00327. The van der Waals surface area contributed by atoms with Crippen LogP contribution in [0.4, 0.5) is 0 Å². The van der Waals surface area contributed by atoms with Crippen molar-refractivity contribution in [3.05, 3.63) is 0 Å². The Morgan fingerprint density at radius 1 is 1.82 bits per heavy atom. The molecule has 0 aliphatic rings. The van der Waals surface area contributed by atoms with Gasteiger partial charge in [-0.1, -0.05) is 16.8 Å². The molecule has 11 heavy (non-hydrogen) atoms. The van der Waals surface area contributed by atoms with Crippen molar-refractivity contribution in [2.75, 3.05) is 5.88 Å². The molecule has 0 radical (unpaired) electrons. The van der Waals surface area contributed by atoms with E-state index in [-0.39, 0.29) is 11.6 Å². The van der Waals surface area contributed by atoms with Gasteiger partial charge in [-0.2, -0.15) is 0 Å².